The molecule has 4 heterocycles. The molecule has 4 aromatic rings. The van der Waals surface area contributed by atoms with E-state index in [2.05, 4.69) is 25.8 Å². The van der Waals surface area contributed by atoms with Gasteiger partial charge in [0, 0.05) is 55.0 Å². The number of carbonyl (C=O) groups is 1. The molecule has 2 saturated heterocycles. The van der Waals surface area contributed by atoms with Gasteiger partial charge in [-0.25, -0.2) is 9.97 Å². The largest absolute Gasteiger partial charge is 0.480 e. The third-order valence-electron chi connectivity index (χ3n) is 9.01. The van der Waals surface area contributed by atoms with Gasteiger partial charge in [-0.05, 0) is 32.2 Å². The molecule has 1 unspecified atom stereocenters. The normalized spacial score (nSPS) is 19.3. The number of nitrogens with zero attached hydrogens (tertiary/aromatic N) is 5. The molecule has 12 nitrogen and oxygen atoms in total. The quantitative estimate of drug-likeness (QED) is 0.166. The highest BCUT2D eigenvalue weighted by Crippen LogP contribution is 2.42. The average Bonchev–Trinajstić information content (AvgIpc) is 3.77. The van der Waals surface area contributed by atoms with Crippen LogP contribution in [0.15, 0.2) is 48.8 Å². The van der Waals surface area contributed by atoms with Gasteiger partial charge in [0.05, 0.1) is 54.1 Å². The van der Waals surface area contributed by atoms with Crippen LogP contribution in [-0.2, 0) is 17.9 Å². The van der Waals surface area contributed by atoms with E-state index in [-0.39, 0.29) is 18.0 Å². The monoisotopic (exact) mass is 706 g/mol. The van der Waals surface area contributed by atoms with Crippen molar-refractivity contribution in [1.29, 1.82) is 0 Å². The molecule has 49 heavy (non-hydrogen) atoms. The van der Waals surface area contributed by atoms with E-state index in [0.717, 1.165) is 37.8 Å². The number of rotatable bonds is 12. The summed E-state index contributed by atoms with van der Waals surface area (Å²) >= 11 is 14.1. The maximum absolute atomic E-state index is 12.4. The van der Waals surface area contributed by atoms with E-state index in [4.69, 9.17) is 47.6 Å². The first-order valence-electron chi connectivity index (χ1n) is 16.3. The summed E-state index contributed by atoms with van der Waals surface area (Å²) < 4.78 is 11.2. The number of hydrogen-bond acceptors (Lipinski definition) is 11. The average molecular weight is 708 g/mol. The Balaban J connectivity index is 1.24. The lowest BCUT2D eigenvalue weighted by atomic mass is 9.98. The molecule has 1 amide bonds. The van der Waals surface area contributed by atoms with E-state index in [9.17, 15) is 9.90 Å². The molecule has 4 N–H and O–H groups in total. The maximum atomic E-state index is 12.4. The van der Waals surface area contributed by atoms with E-state index >= 15 is 0 Å². The summed E-state index contributed by atoms with van der Waals surface area (Å²) in [7, 11) is 4.77. The smallest absolute Gasteiger partial charge is 0.237 e. The minimum atomic E-state index is -0.446. The fraction of sp³-hybridized carbons (Fsp3) is 0.400. The Hall–Kier alpha value is -3.91. The van der Waals surface area contributed by atoms with Crippen LogP contribution in [0.25, 0.3) is 33.6 Å². The zero-order valence-corrected chi connectivity index (χ0v) is 29.2. The molecular formula is C35H40Cl2N8O4. The van der Waals surface area contributed by atoms with E-state index in [1.54, 1.807) is 33.7 Å². The fourth-order valence-electron chi connectivity index (χ4n) is 6.48. The van der Waals surface area contributed by atoms with Crippen molar-refractivity contribution in [2.45, 2.75) is 57.1 Å². The van der Waals surface area contributed by atoms with Gasteiger partial charge in [-0.15, -0.1) is 0 Å². The number of amides is 1. The number of aliphatic hydroxyl groups is 1. The van der Waals surface area contributed by atoms with Crippen LogP contribution >= 0.6 is 23.2 Å². The molecule has 0 radical (unpaired) electrons. The van der Waals surface area contributed by atoms with Crippen LogP contribution in [0.3, 0.4) is 0 Å². The minimum Gasteiger partial charge on any atom is -0.480 e. The fourth-order valence-corrected chi connectivity index (χ4v) is 7.13. The second-order valence-electron chi connectivity index (χ2n) is 12.1. The summed E-state index contributed by atoms with van der Waals surface area (Å²) in [5.74, 6) is 0.774. The number of aromatic nitrogens is 4. The molecule has 3 atom stereocenters. The van der Waals surface area contributed by atoms with Gasteiger partial charge < -0.3 is 25.2 Å². The van der Waals surface area contributed by atoms with Crippen molar-refractivity contribution in [3.63, 3.8) is 0 Å². The van der Waals surface area contributed by atoms with E-state index < -0.39 is 6.23 Å². The van der Waals surface area contributed by atoms with Crippen molar-refractivity contribution in [2.75, 3.05) is 34.4 Å². The molecule has 0 bridgehead atoms. The van der Waals surface area contributed by atoms with Crippen molar-refractivity contribution in [2.24, 2.45) is 0 Å². The molecule has 0 spiro atoms. The minimum absolute atomic E-state index is 0.00146. The van der Waals surface area contributed by atoms with Crippen LogP contribution in [0.5, 0.6) is 11.8 Å². The Kier molecular flexibility index (Phi) is 11.2. The molecule has 2 aliphatic heterocycles. The van der Waals surface area contributed by atoms with Crippen LogP contribution < -0.4 is 25.4 Å². The highest BCUT2D eigenvalue weighted by Gasteiger charge is 2.31. The summed E-state index contributed by atoms with van der Waals surface area (Å²) in [5.41, 5.74) is 5.20. The molecule has 0 saturated carbocycles. The maximum Gasteiger partial charge on any atom is 0.237 e. The number of likely N-dealkylation sites (N-methyl/N-ethyl adjacent to an activating group) is 1. The number of aliphatic hydroxyl groups excluding tert-OH is 1. The zero-order valence-electron chi connectivity index (χ0n) is 27.7. The number of benzene rings is 2. The van der Waals surface area contributed by atoms with E-state index in [1.165, 1.54) is 0 Å². The van der Waals surface area contributed by atoms with Gasteiger partial charge in [-0.1, -0.05) is 59.6 Å². The SMILES string of the molecule is CNC(=O)[C@H]1CCCN1Cc1ncc(-c2cccc(-c3cccc(-c4cnc(CNC[C@@H]5CCC(O)N5)c(OC)n4)c3Cl)c2Cl)nc1OC. The van der Waals surface area contributed by atoms with Crippen molar-refractivity contribution < 1.29 is 19.4 Å². The highest BCUT2D eigenvalue weighted by molar-refractivity contribution is 6.39. The van der Waals surface area contributed by atoms with Crippen LogP contribution in [0.2, 0.25) is 10.0 Å². The molecule has 6 rings (SSSR count). The first-order chi connectivity index (χ1) is 23.8. The van der Waals surface area contributed by atoms with Gasteiger partial charge in [0.2, 0.25) is 17.7 Å². The van der Waals surface area contributed by atoms with Crippen molar-refractivity contribution in [3.8, 4) is 45.4 Å². The summed E-state index contributed by atoms with van der Waals surface area (Å²) in [5, 5.41) is 19.9. The second kappa shape index (κ2) is 15.8. The number of hydrogen-bond donors (Lipinski definition) is 4. The lowest BCUT2D eigenvalue weighted by Crippen LogP contribution is -2.41. The number of carbonyl (C=O) groups excluding carboxylic acids is 1. The van der Waals surface area contributed by atoms with E-state index in [0.29, 0.717) is 80.9 Å². The lowest BCUT2D eigenvalue weighted by molar-refractivity contribution is -0.125. The Bertz CT molecular complexity index is 1810. The standard InChI is InChI=1S/C35H40Cl2N8O4/c1-38-33(47)29-11-6-14-45(29)19-28-35(49-3)44-26(18-41-28)24-10-5-8-22(32(24)37)21-7-4-9-23(31(21)36)25-17-40-27(34(43-25)48-2)16-39-15-20-12-13-30(46)42-20/h4-5,7-10,17-18,20,29-30,39,42,46H,6,11-16,19H2,1-3H3,(H,38,47)/t20-,29+,30?/m0/s1. The molecule has 2 fully saturated rings. The third kappa shape index (κ3) is 7.64. The van der Waals surface area contributed by atoms with Crippen molar-refractivity contribution in [1.82, 2.24) is 40.8 Å². The predicted octanol–water partition coefficient (Wildman–Crippen LogP) is 4.46. The molecule has 2 aliphatic rings. The Labute approximate surface area is 295 Å². The van der Waals surface area contributed by atoms with Crippen LogP contribution in [0.4, 0.5) is 0 Å². The number of likely N-dealkylation sites (tertiary alicyclic amines) is 1. The van der Waals surface area contributed by atoms with Crippen molar-refractivity contribution >= 4 is 29.1 Å². The lowest BCUT2D eigenvalue weighted by Gasteiger charge is -2.23. The Morgan fingerprint density at radius 2 is 1.51 bits per heavy atom. The second-order valence-corrected chi connectivity index (χ2v) is 12.8. The van der Waals surface area contributed by atoms with Gasteiger partial charge >= 0.3 is 0 Å². The highest BCUT2D eigenvalue weighted by atomic mass is 35.5. The molecule has 2 aromatic heterocycles. The van der Waals surface area contributed by atoms with E-state index in [1.807, 2.05) is 36.4 Å². The number of methoxy groups -OCH3 is 2. The molecular weight excluding hydrogens is 667 g/mol. The Morgan fingerprint density at radius 3 is 2.08 bits per heavy atom. The van der Waals surface area contributed by atoms with Crippen LogP contribution in [-0.4, -0.2) is 88.5 Å². The first-order valence-corrected chi connectivity index (χ1v) is 17.0. The number of halogens is 2. The van der Waals surface area contributed by atoms with Crippen LogP contribution in [0, 0.1) is 0 Å². The third-order valence-corrected chi connectivity index (χ3v) is 9.83. The summed E-state index contributed by atoms with van der Waals surface area (Å²) in [4.78, 5) is 33.3. The molecule has 258 valence electrons. The Morgan fingerprint density at radius 1 is 0.918 bits per heavy atom. The predicted molar refractivity (Wildman–Crippen MR) is 188 cm³/mol. The van der Waals surface area contributed by atoms with Crippen molar-refractivity contribution in [3.05, 3.63) is 70.2 Å². The van der Waals surface area contributed by atoms with Gasteiger partial charge in [-0.3, -0.25) is 25.0 Å². The molecule has 14 heteroatoms. The summed E-state index contributed by atoms with van der Waals surface area (Å²) in [6.45, 7) is 2.39. The van der Waals surface area contributed by atoms with Crippen LogP contribution in [0.1, 0.15) is 37.1 Å². The van der Waals surface area contributed by atoms with Gasteiger partial charge in [0.15, 0.2) is 0 Å². The molecule has 2 aromatic carbocycles. The molecule has 0 aliphatic carbocycles. The van der Waals surface area contributed by atoms with Gasteiger partial charge in [0.25, 0.3) is 0 Å². The summed E-state index contributed by atoms with van der Waals surface area (Å²) in [6.07, 6.45) is 6.31. The number of ether oxygens (including phenoxy) is 2. The summed E-state index contributed by atoms with van der Waals surface area (Å²) in [6, 6.07) is 11.4. The zero-order chi connectivity index (χ0) is 34.5. The topological polar surface area (TPSA) is 147 Å². The first kappa shape index (κ1) is 34.9. The van der Waals surface area contributed by atoms with Gasteiger partial charge in [-0.2, -0.15) is 0 Å². The number of nitrogens with one attached hydrogen (secondary N) is 3. The van der Waals surface area contributed by atoms with Gasteiger partial charge in [0.1, 0.15) is 17.6 Å².